The third-order valence-corrected chi connectivity index (χ3v) is 3.13. The van der Waals surface area contributed by atoms with Crippen LogP contribution in [-0.4, -0.2) is 56.6 Å². The minimum atomic E-state index is 0.726. The number of hydrogen-bond acceptors (Lipinski definition) is 4. The number of nitrogens with zero attached hydrogens (tertiary/aromatic N) is 2. The van der Waals surface area contributed by atoms with Gasteiger partial charge in [-0.25, -0.2) is 0 Å². The first-order valence-electron chi connectivity index (χ1n) is 6.79. The van der Waals surface area contributed by atoms with E-state index >= 15 is 0 Å². The van der Waals surface area contributed by atoms with Crippen molar-refractivity contribution in [3.8, 4) is 0 Å². The van der Waals surface area contributed by atoms with Gasteiger partial charge in [-0.15, -0.1) is 0 Å². The van der Waals surface area contributed by atoms with Crippen LogP contribution in [0.15, 0.2) is 24.2 Å². The molecule has 0 aromatic carbocycles. The Labute approximate surface area is 113 Å². The maximum absolute atomic E-state index is 3.77. The van der Waals surface area contributed by atoms with E-state index in [1.165, 1.54) is 12.2 Å². The lowest BCUT2D eigenvalue weighted by molar-refractivity contribution is 0.215. The Morgan fingerprint density at radius 2 is 1.94 bits per heavy atom. The van der Waals surface area contributed by atoms with Gasteiger partial charge in [-0.3, -0.25) is 0 Å². The summed E-state index contributed by atoms with van der Waals surface area (Å²) < 4.78 is 0. The van der Waals surface area contributed by atoms with Gasteiger partial charge in [0.15, 0.2) is 0 Å². The van der Waals surface area contributed by atoms with Gasteiger partial charge in [0, 0.05) is 46.0 Å². The number of hydrogen-bond donors (Lipinski definition) is 2. The number of rotatable bonds is 1. The Bertz CT molecular complexity index is 263. The average Bonchev–Trinajstić information content (AvgIpc) is 2.95. The molecule has 18 heavy (non-hydrogen) atoms. The van der Waals surface area contributed by atoms with Crippen molar-refractivity contribution in [1.82, 2.24) is 20.4 Å². The van der Waals surface area contributed by atoms with Gasteiger partial charge >= 0.3 is 0 Å². The third kappa shape index (κ3) is 5.56. The van der Waals surface area contributed by atoms with Crippen molar-refractivity contribution in [3.05, 3.63) is 24.2 Å². The summed E-state index contributed by atoms with van der Waals surface area (Å²) in [5, 5.41) is 6.25. The van der Waals surface area contributed by atoms with Crippen LogP contribution in [0.3, 0.4) is 0 Å². The topological polar surface area (TPSA) is 30.3 Å². The van der Waals surface area contributed by atoms with E-state index < -0.39 is 0 Å². The fourth-order valence-electron chi connectivity index (χ4n) is 1.57. The van der Waals surface area contributed by atoms with Crippen LogP contribution in [-0.2, 0) is 0 Å². The molecule has 2 rings (SSSR count). The minimum Gasteiger partial charge on any atom is -0.392 e. The summed E-state index contributed by atoms with van der Waals surface area (Å²) in [6.45, 7) is 13.5. The van der Waals surface area contributed by atoms with E-state index in [-0.39, 0.29) is 0 Å². The van der Waals surface area contributed by atoms with Crippen LogP contribution in [0.1, 0.15) is 20.8 Å². The van der Waals surface area contributed by atoms with E-state index in [2.05, 4.69) is 36.1 Å². The molecule has 4 heteroatoms. The molecule has 2 heterocycles. The van der Waals surface area contributed by atoms with Crippen LogP contribution in [0, 0.1) is 0 Å². The van der Waals surface area contributed by atoms with Gasteiger partial charge in [-0.05, 0) is 14.0 Å². The van der Waals surface area contributed by atoms with Crippen molar-refractivity contribution in [3.63, 3.8) is 0 Å². The standard InChI is InChI=1S/C6H10N2.C6H14N2.C2H6/c1-5-6(4-7-2)8(5)3;1-6-5-7-3-4-8(6)2;1-2/h4,7H,1H2,2-3H3;6-7H,3-5H2,1-2H3;1-2H3/b6-4-;;. The van der Waals surface area contributed by atoms with E-state index in [1.807, 2.05) is 39.0 Å². The van der Waals surface area contributed by atoms with Gasteiger partial charge in [0.2, 0.25) is 0 Å². The number of piperazine rings is 1. The maximum atomic E-state index is 3.77. The molecule has 2 N–H and O–H groups in total. The van der Waals surface area contributed by atoms with Gasteiger partial charge in [-0.2, -0.15) is 0 Å². The van der Waals surface area contributed by atoms with Crippen LogP contribution in [0.25, 0.3) is 0 Å². The van der Waals surface area contributed by atoms with Gasteiger partial charge in [0.25, 0.3) is 0 Å². The molecule has 0 aliphatic carbocycles. The lowest BCUT2D eigenvalue weighted by Gasteiger charge is -2.29. The van der Waals surface area contributed by atoms with Crippen molar-refractivity contribution >= 4 is 0 Å². The molecule has 0 aromatic rings. The Morgan fingerprint density at radius 3 is 2.17 bits per heavy atom. The molecular weight excluding hydrogens is 224 g/mol. The summed E-state index contributed by atoms with van der Waals surface area (Å²) in [4.78, 5) is 4.40. The zero-order valence-corrected chi connectivity index (χ0v) is 12.9. The molecule has 0 radical (unpaired) electrons. The molecule has 0 saturated carbocycles. The van der Waals surface area contributed by atoms with Crippen molar-refractivity contribution in [2.24, 2.45) is 0 Å². The van der Waals surface area contributed by atoms with Crippen molar-refractivity contribution in [2.45, 2.75) is 26.8 Å². The summed E-state index contributed by atoms with van der Waals surface area (Å²) >= 11 is 0. The van der Waals surface area contributed by atoms with Crippen LogP contribution in [0.5, 0.6) is 0 Å². The molecule has 1 unspecified atom stereocenters. The smallest absolute Gasteiger partial charge is 0.0802 e. The molecule has 2 fully saturated rings. The van der Waals surface area contributed by atoms with Gasteiger partial charge in [0.05, 0.1) is 11.4 Å². The van der Waals surface area contributed by atoms with Gasteiger partial charge in [-0.1, -0.05) is 20.4 Å². The molecule has 2 saturated heterocycles. The SMILES string of the molecule is C=C1/C(=C/NC)N1C.CC.CC1CNCCN1C. The highest BCUT2D eigenvalue weighted by molar-refractivity contribution is 5.43. The lowest BCUT2D eigenvalue weighted by atomic mass is 10.2. The van der Waals surface area contributed by atoms with E-state index in [0.29, 0.717) is 0 Å². The highest BCUT2D eigenvalue weighted by Crippen LogP contribution is 2.31. The van der Waals surface area contributed by atoms with E-state index in [4.69, 9.17) is 0 Å². The second-order valence-electron chi connectivity index (χ2n) is 4.36. The second kappa shape index (κ2) is 9.00. The van der Waals surface area contributed by atoms with E-state index in [0.717, 1.165) is 24.8 Å². The van der Waals surface area contributed by atoms with Crippen LogP contribution >= 0.6 is 0 Å². The molecule has 106 valence electrons. The summed E-state index contributed by atoms with van der Waals surface area (Å²) in [6, 6.07) is 0.726. The monoisotopic (exact) mass is 254 g/mol. The molecule has 2 aliphatic heterocycles. The number of likely N-dealkylation sites (N-methyl/N-ethyl adjacent to an activating group) is 2. The Morgan fingerprint density at radius 1 is 1.39 bits per heavy atom. The first kappa shape index (κ1) is 17.0. The van der Waals surface area contributed by atoms with Crippen LogP contribution in [0.2, 0.25) is 0 Å². The summed E-state index contributed by atoms with van der Waals surface area (Å²) in [7, 11) is 6.05. The normalized spacial score (nSPS) is 24.8. The Balaban J connectivity index is 0.000000283. The lowest BCUT2D eigenvalue weighted by Crippen LogP contribution is -2.47. The van der Waals surface area contributed by atoms with Gasteiger partial charge in [0.1, 0.15) is 0 Å². The molecule has 0 bridgehead atoms. The fraction of sp³-hybridized carbons (Fsp3) is 0.714. The van der Waals surface area contributed by atoms with Gasteiger partial charge < -0.3 is 20.4 Å². The quantitative estimate of drug-likeness (QED) is 0.693. The first-order chi connectivity index (χ1) is 8.57. The van der Waals surface area contributed by atoms with Crippen molar-refractivity contribution in [2.75, 3.05) is 40.8 Å². The summed E-state index contributed by atoms with van der Waals surface area (Å²) in [5.74, 6) is 0. The third-order valence-electron chi connectivity index (χ3n) is 3.13. The molecular formula is C14H30N4. The van der Waals surface area contributed by atoms with Crippen LogP contribution < -0.4 is 10.6 Å². The molecule has 1 atom stereocenters. The van der Waals surface area contributed by atoms with Crippen molar-refractivity contribution < 1.29 is 0 Å². The highest BCUT2D eigenvalue weighted by atomic mass is 15.3. The predicted octanol–water partition coefficient (Wildman–Crippen LogP) is 1.44. The Hall–Kier alpha value is -1.00. The predicted molar refractivity (Wildman–Crippen MR) is 80.4 cm³/mol. The van der Waals surface area contributed by atoms with E-state index in [9.17, 15) is 0 Å². The number of nitrogens with one attached hydrogen (secondary N) is 2. The zero-order chi connectivity index (χ0) is 14.1. The minimum absolute atomic E-state index is 0.726. The summed E-state index contributed by atoms with van der Waals surface area (Å²) in [6.07, 6.45) is 1.93. The first-order valence-corrected chi connectivity index (χ1v) is 6.79. The molecule has 0 aromatic heterocycles. The second-order valence-corrected chi connectivity index (χ2v) is 4.36. The fourth-order valence-corrected chi connectivity index (χ4v) is 1.57. The summed E-state index contributed by atoms with van der Waals surface area (Å²) in [5.41, 5.74) is 2.31. The van der Waals surface area contributed by atoms with Crippen LogP contribution in [0.4, 0.5) is 0 Å². The zero-order valence-electron chi connectivity index (χ0n) is 12.9. The molecule has 2 aliphatic rings. The molecule has 0 amide bonds. The van der Waals surface area contributed by atoms with E-state index in [1.54, 1.807) is 0 Å². The largest absolute Gasteiger partial charge is 0.392 e. The Kier molecular flexibility index (Phi) is 8.50. The molecule has 4 nitrogen and oxygen atoms in total. The van der Waals surface area contributed by atoms with Crippen molar-refractivity contribution in [1.29, 1.82) is 0 Å². The molecule has 0 spiro atoms. The maximum Gasteiger partial charge on any atom is 0.0802 e. The average molecular weight is 254 g/mol. The highest BCUT2D eigenvalue weighted by Gasteiger charge is 2.25.